The predicted molar refractivity (Wildman–Crippen MR) is 86.1 cm³/mol. The maximum atomic E-state index is 11.3. The molecule has 0 aliphatic carbocycles. The first-order chi connectivity index (χ1) is 10.2. The zero-order valence-corrected chi connectivity index (χ0v) is 13.1. The first-order valence-electron chi connectivity index (χ1n) is 7.84. The molecule has 0 unspecified atom stereocenters. The molecule has 118 valence electrons. The third kappa shape index (κ3) is 6.02. The molecule has 0 fully saturated rings. The van der Waals surface area contributed by atoms with Gasteiger partial charge in [0.1, 0.15) is 5.69 Å². The van der Waals surface area contributed by atoms with Crippen LogP contribution in [0.5, 0.6) is 5.75 Å². The van der Waals surface area contributed by atoms with Crippen molar-refractivity contribution in [2.45, 2.75) is 52.4 Å². The summed E-state index contributed by atoms with van der Waals surface area (Å²) >= 11 is 0. The molecule has 0 spiro atoms. The average molecular weight is 294 g/mol. The fraction of sp³-hybridized carbons (Fsp3) is 0.625. The molecule has 0 radical (unpaired) electrons. The molecule has 0 atom stereocenters. The molecule has 0 amide bonds. The van der Waals surface area contributed by atoms with Crippen LogP contribution in [0.25, 0.3) is 0 Å². The Hall–Kier alpha value is -1.78. The highest BCUT2D eigenvalue weighted by atomic mass is 16.6. The van der Waals surface area contributed by atoms with Crippen LogP contribution in [0.2, 0.25) is 0 Å². The summed E-state index contributed by atoms with van der Waals surface area (Å²) in [6.45, 7) is 5.44. The number of nitrogens with one attached hydrogen (secondary N) is 1. The second-order valence-corrected chi connectivity index (χ2v) is 5.10. The van der Waals surface area contributed by atoms with Gasteiger partial charge in [0.15, 0.2) is 5.75 Å². The lowest BCUT2D eigenvalue weighted by Gasteiger charge is -2.10. The van der Waals surface area contributed by atoms with Crippen LogP contribution in [0, 0.1) is 10.1 Å². The van der Waals surface area contributed by atoms with E-state index in [1.165, 1.54) is 19.3 Å². The lowest BCUT2D eigenvalue weighted by Crippen LogP contribution is -2.06. The van der Waals surface area contributed by atoms with Gasteiger partial charge in [-0.2, -0.15) is 0 Å². The lowest BCUT2D eigenvalue weighted by molar-refractivity contribution is -0.385. The lowest BCUT2D eigenvalue weighted by atomic mass is 10.2. The quantitative estimate of drug-likeness (QED) is 0.363. The smallest absolute Gasteiger partial charge is 0.333 e. The highest BCUT2D eigenvalue weighted by Gasteiger charge is 2.20. The van der Waals surface area contributed by atoms with E-state index in [1.807, 2.05) is 6.92 Å². The van der Waals surface area contributed by atoms with Gasteiger partial charge in [-0.25, -0.2) is 0 Å². The van der Waals surface area contributed by atoms with Crippen LogP contribution in [-0.4, -0.2) is 18.1 Å². The number of rotatable bonds is 11. The molecular formula is C16H26N2O3. The molecule has 0 aliphatic heterocycles. The minimum Gasteiger partial charge on any atom is -0.487 e. The largest absolute Gasteiger partial charge is 0.487 e. The number of ether oxygens (including phenoxy) is 1. The van der Waals surface area contributed by atoms with Gasteiger partial charge in [-0.05, 0) is 25.0 Å². The van der Waals surface area contributed by atoms with Gasteiger partial charge in [0, 0.05) is 6.54 Å². The van der Waals surface area contributed by atoms with Crippen LogP contribution in [-0.2, 0) is 0 Å². The highest BCUT2D eigenvalue weighted by Crippen LogP contribution is 2.34. The fourth-order valence-electron chi connectivity index (χ4n) is 2.12. The van der Waals surface area contributed by atoms with Crippen LogP contribution in [0.15, 0.2) is 18.2 Å². The molecule has 0 aliphatic rings. The van der Waals surface area contributed by atoms with Gasteiger partial charge in [-0.3, -0.25) is 10.1 Å². The van der Waals surface area contributed by atoms with Crippen molar-refractivity contribution >= 4 is 11.4 Å². The summed E-state index contributed by atoms with van der Waals surface area (Å²) in [5.41, 5.74) is 0.574. The minimum atomic E-state index is -0.371. The maximum Gasteiger partial charge on any atom is 0.333 e. The van der Waals surface area contributed by atoms with Crippen LogP contribution in [0.1, 0.15) is 52.4 Å². The minimum absolute atomic E-state index is 0.0412. The summed E-state index contributed by atoms with van der Waals surface area (Å²) < 4.78 is 5.62. The first kappa shape index (κ1) is 17.3. The topological polar surface area (TPSA) is 64.4 Å². The number of unbranched alkanes of at least 4 members (excludes halogenated alkanes) is 4. The summed E-state index contributed by atoms with van der Waals surface area (Å²) in [6.07, 6.45) is 6.59. The van der Waals surface area contributed by atoms with Gasteiger partial charge in [-0.15, -0.1) is 0 Å². The zero-order valence-electron chi connectivity index (χ0n) is 13.1. The van der Waals surface area contributed by atoms with Crippen LogP contribution in [0.4, 0.5) is 11.4 Å². The van der Waals surface area contributed by atoms with Crippen molar-refractivity contribution in [3.63, 3.8) is 0 Å². The molecule has 0 saturated carbocycles. The molecule has 5 nitrogen and oxygen atoms in total. The number of hydrogen-bond donors (Lipinski definition) is 1. The van der Waals surface area contributed by atoms with Crippen LogP contribution < -0.4 is 10.1 Å². The van der Waals surface area contributed by atoms with Crippen molar-refractivity contribution < 1.29 is 9.66 Å². The molecule has 1 aromatic carbocycles. The molecule has 5 heteroatoms. The molecule has 1 N–H and O–H groups in total. The van der Waals surface area contributed by atoms with Gasteiger partial charge in [0.25, 0.3) is 0 Å². The Morgan fingerprint density at radius 3 is 2.57 bits per heavy atom. The van der Waals surface area contributed by atoms with Gasteiger partial charge in [-0.1, -0.05) is 45.6 Å². The van der Waals surface area contributed by atoms with Gasteiger partial charge in [0.05, 0.1) is 11.5 Å². The number of anilines is 1. The Labute approximate surface area is 126 Å². The Morgan fingerprint density at radius 2 is 1.90 bits per heavy atom. The SMILES string of the molecule is CCCCCCCOc1cccc(NCCC)c1[N+](=O)[O-]. The third-order valence-corrected chi connectivity index (χ3v) is 3.25. The molecule has 1 rings (SSSR count). The van der Waals surface area contributed by atoms with Crippen LogP contribution in [0.3, 0.4) is 0 Å². The van der Waals surface area contributed by atoms with E-state index in [0.29, 0.717) is 24.6 Å². The highest BCUT2D eigenvalue weighted by molar-refractivity contribution is 5.68. The van der Waals surface area contributed by atoms with E-state index < -0.39 is 0 Å². The average Bonchev–Trinajstić information content (AvgIpc) is 2.48. The molecule has 0 heterocycles. The number of nitro benzene ring substituents is 1. The van der Waals surface area contributed by atoms with E-state index in [2.05, 4.69) is 12.2 Å². The molecule has 0 saturated heterocycles. The molecule has 0 aromatic heterocycles. The number of benzene rings is 1. The van der Waals surface area contributed by atoms with Crippen molar-refractivity contribution in [3.05, 3.63) is 28.3 Å². The Kier molecular flexibility index (Phi) is 8.24. The van der Waals surface area contributed by atoms with E-state index in [0.717, 1.165) is 19.3 Å². The van der Waals surface area contributed by atoms with Gasteiger partial charge >= 0.3 is 5.69 Å². The van der Waals surface area contributed by atoms with E-state index in [1.54, 1.807) is 18.2 Å². The Bertz CT molecular complexity index is 436. The Balaban J connectivity index is 2.61. The van der Waals surface area contributed by atoms with Crippen molar-refractivity contribution in [2.75, 3.05) is 18.5 Å². The van der Waals surface area contributed by atoms with Gasteiger partial charge < -0.3 is 10.1 Å². The van der Waals surface area contributed by atoms with Crippen molar-refractivity contribution in [1.29, 1.82) is 0 Å². The number of nitro groups is 1. The molecule has 0 bridgehead atoms. The maximum absolute atomic E-state index is 11.3. The summed E-state index contributed by atoms with van der Waals surface area (Å²) in [7, 11) is 0. The monoisotopic (exact) mass is 294 g/mol. The number of hydrogen-bond acceptors (Lipinski definition) is 4. The number of para-hydroxylation sites is 1. The molecular weight excluding hydrogens is 268 g/mol. The predicted octanol–water partition coefficient (Wildman–Crippen LogP) is 4.77. The van der Waals surface area contributed by atoms with E-state index in [9.17, 15) is 10.1 Å². The second kappa shape index (κ2) is 10.0. The van der Waals surface area contributed by atoms with Crippen molar-refractivity contribution in [1.82, 2.24) is 0 Å². The third-order valence-electron chi connectivity index (χ3n) is 3.25. The first-order valence-corrected chi connectivity index (χ1v) is 7.84. The summed E-state index contributed by atoms with van der Waals surface area (Å²) in [5, 5.41) is 14.3. The molecule has 1 aromatic rings. The standard InChI is InChI=1S/C16H26N2O3/c1-3-5-6-7-8-13-21-15-11-9-10-14(17-12-4-2)16(15)18(19)20/h9-11,17H,3-8,12-13H2,1-2H3. The normalized spacial score (nSPS) is 10.4. The van der Waals surface area contributed by atoms with Crippen molar-refractivity contribution in [3.8, 4) is 5.75 Å². The summed E-state index contributed by atoms with van der Waals surface area (Å²) in [4.78, 5) is 10.9. The zero-order chi connectivity index (χ0) is 15.5. The fourth-order valence-corrected chi connectivity index (χ4v) is 2.12. The van der Waals surface area contributed by atoms with Gasteiger partial charge in [0.2, 0.25) is 0 Å². The second-order valence-electron chi connectivity index (χ2n) is 5.10. The van der Waals surface area contributed by atoms with E-state index in [4.69, 9.17) is 4.74 Å². The number of nitrogens with zero attached hydrogens (tertiary/aromatic N) is 1. The van der Waals surface area contributed by atoms with Crippen LogP contribution >= 0.6 is 0 Å². The summed E-state index contributed by atoms with van der Waals surface area (Å²) in [5.74, 6) is 0.358. The van der Waals surface area contributed by atoms with E-state index in [-0.39, 0.29) is 10.6 Å². The summed E-state index contributed by atoms with van der Waals surface area (Å²) in [6, 6.07) is 5.18. The van der Waals surface area contributed by atoms with E-state index >= 15 is 0 Å². The Morgan fingerprint density at radius 1 is 1.14 bits per heavy atom. The molecule has 21 heavy (non-hydrogen) atoms. The van der Waals surface area contributed by atoms with Crippen molar-refractivity contribution in [2.24, 2.45) is 0 Å².